The van der Waals surface area contributed by atoms with Crippen LogP contribution in [-0.4, -0.2) is 50.2 Å². The molecule has 28 heavy (non-hydrogen) atoms. The summed E-state index contributed by atoms with van der Waals surface area (Å²) in [5.41, 5.74) is 1.19. The standard InChI is InChI=1S/C20H24N4O4/c1-15(20(25)21-16-7-3-4-8-17(16)24(26)27)22-11-13-23(14-12-22)18-9-5-6-10-19(18)28-2/h3-10,15H,11-14H2,1-2H3,(H,21,25)/p+1/t15-/m0/s1. The van der Waals surface area contributed by atoms with E-state index in [-0.39, 0.29) is 23.3 Å². The molecule has 0 aliphatic carbocycles. The number of piperazine rings is 1. The molecule has 1 fully saturated rings. The van der Waals surface area contributed by atoms with E-state index in [1.165, 1.54) is 6.07 Å². The highest BCUT2D eigenvalue weighted by Gasteiger charge is 2.30. The number of para-hydroxylation sites is 4. The van der Waals surface area contributed by atoms with E-state index in [4.69, 9.17) is 4.74 Å². The Morgan fingerprint density at radius 3 is 2.50 bits per heavy atom. The molecule has 0 spiro atoms. The predicted molar refractivity (Wildman–Crippen MR) is 107 cm³/mol. The summed E-state index contributed by atoms with van der Waals surface area (Å²) in [4.78, 5) is 26.7. The van der Waals surface area contributed by atoms with Crippen LogP contribution in [-0.2, 0) is 4.79 Å². The zero-order valence-corrected chi connectivity index (χ0v) is 16.1. The van der Waals surface area contributed by atoms with E-state index >= 15 is 0 Å². The summed E-state index contributed by atoms with van der Waals surface area (Å²) >= 11 is 0. The molecule has 1 aliphatic heterocycles. The average molecular weight is 385 g/mol. The molecular formula is C20H25N4O4+. The fourth-order valence-electron chi connectivity index (χ4n) is 3.52. The Labute approximate surface area is 163 Å². The van der Waals surface area contributed by atoms with Crippen molar-refractivity contribution in [2.24, 2.45) is 0 Å². The number of hydrogen-bond acceptors (Lipinski definition) is 5. The first-order valence-corrected chi connectivity index (χ1v) is 9.28. The molecule has 0 radical (unpaired) electrons. The molecule has 3 rings (SSSR count). The van der Waals surface area contributed by atoms with Gasteiger partial charge in [-0.25, -0.2) is 0 Å². The second-order valence-corrected chi connectivity index (χ2v) is 6.80. The van der Waals surface area contributed by atoms with Crippen LogP contribution < -0.4 is 19.9 Å². The van der Waals surface area contributed by atoms with Gasteiger partial charge in [-0.2, -0.15) is 0 Å². The molecule has 2 aromatic rings. The Morgan fingerprint density at radius 2 is 1.82 bits per heavy atom. The van der Waals surface area contributed by atoms with Gasteiger partial charge in [-0.3, -0.25) is 14.9 Å². The Balaban J connectivity index is 1.61. The third kappa shape index (κ3) is 4.23. The highest BCUT2D eigenvalue weighted by molar-refractivity contribution is 5.95. The van der Waals surface area contributed by atoms with Gasteiger partial charge in [0, 0.05) is 6.07 Å². The van der Waals surface area contributed by atoms with Gasteiger partial charge in [0.15, 0.2) is 6.04 Å². The Kier molecular flexibility index (Phi) is 6.10. The van der Waals surface area contributed by atoms with Crippen LogP contribution in [0.1, 0.15) is 6.92 Å². The summed E-state index contributed by atoms with van der Waals surface area (Å²) in [5, 5.41) is 13.8. The van der Waals surface area contributed by atoms with E-state index in [1.807, 2.05) is 31.2 Å². The minimum Gasteiger partial charge on any atom is -0.495 e. The predicted octanol–water partition coefficient (Wildman–Crippen LogP) is 1.34. The van der Waals surface area contributed by atoms with Crippen LogP contribution in [0.4, 0.5) is 17.1 Å². The third-order valence-electron chi connectivity index (χ3n) is 5.20. The lowest BCUT2D eigenvalue weighted by Crippen LogP contribution is -3.19. The molecule has 1 heterocycles. The molecule has 1 saturated heterocycles. The summed E-state index contributed by atoms with van der Waals surface area (Å²) in [6.45, 7) is 5.06. The SMILES string of the molecule is COc1ccccc1N1CC[NH+]([C@@H](C)C(=O)Nc2ccccc2[N+](=O)[O-])CC1. The van der Waals surface area contributed by atoms with Crippen molar-refractivity contribution in [3.05, 3.63) is 58.6 Å². The number of methoxy groups -OCH3 is 1. The fourth-order valence-corrected chi connectivity index (χ4v) is 3.52. The molecule has 8 nitrogen and oxygen atoms in total. The molecule has 0 unspecified atom stereocenters. The lowest BCUT2D eigenvalue weighted by atomic mass is 10.1. The monoisotopic (exact) mass is 385 g/mol. The number of carbonyl (C=O) groups is 1. The highest BCUT2D eigenvalue weighted by atomic mass is 16.6. The molecule has 0 aromatic heterocycles. The number of nitro groups is 1. The van der Waals surface area contributed by atoms with Gasteiger partial charge in [0.25, 0.3) is 11.6 Å². The molecule has 148 valence electrons. The number of benzene rings is 2. The molecule has 1 aliphatic rings. The van der Waals surface area contributed by atoms with Crippen molar-refractivity contribution in [2.75, 3.05) is 43.5 Å². The molecule has 2 N–H and O–H groups in total. The van der Waals surface area contributed by atoms with Crippen molar-refractivity contribution < 1.29 is 19.4 Å². The number of anilines is 2. The van der Waals surface area contributed by atoms with Crippen LogP contribution in [0.3, 0.4) is 0 Å². The van der Waals surface area contributed by atoms with Crippen LogP contribution in [0.15, 0.2) is 48.5 Å². The summed E-state index contributed by atoms with van der Waals surface area (Å²) in [6.07, 6.45) is 0. The summed E-state index contributed by atoms with van der Waals surface area (Å²) in [7, 11) is 1.66. The first kappa shape index (κ1) is 19.6. The molecule has 0 saturated carbocycles. The van der Waals surface area contributed by atoms with E-state index in [2.05, 4.69) is 10.2 Å². The van der Waals surface area contributed by atoms with E-state index in [0.717, 1.165) is 42.5 Å². The lowest BCUT2D eigenvalue weighted by molar-refractivity contribution is -0.914. The second-order valence-electron chi connectivity index (χ2n) is 6.80. The van der Waals surface area contributed by atoms with Crippen molar-refractivity contribution in [3.8, 4) is 5.75 Å². The maximum atomic E-state index is 12.7. The smallest absolute Gasteiger partial charge is 0.292 e. The summed E-state index contributed by atoms with van der Waals surface area (Å²) in [5.74, 6) is 0.628. The minimum absolute atomic E-state index is 0.0981. The number of rotatable bonds is 6. The molecule has 1 amide bonds. The van der Waals surface area contributed by atoms with Gasteiger partial charge in [-0.05, 0) is 25.1 Å². The number of nitrogens with zero attached hydrogens (tertiary/aromatic N) is 2. The molecule has 0 bridgehead atoms. The third-order valence-corrected chi connectivity index (χ3v) is 5.20. The van der Waals surface area contributed by atoms with Gasteiger partial charge >= 0.3 is 0 Å². The van der Waals surface area contributed by atoms with Crippen molar-refractivity contribution in [3.63, 3.8) is 0 Å². The number of nitrogens with one attached hydrogen (secondary N) is 2. The second kappa shape index (κ2) is 8.71. The first-order valence-electron chi connectivity index (χ1n) is 9.28. The Bertz CT molecular complexity index is 850. The average Bonchev–Trinajstić information content (AvgIpc) is 2.73. The summed E-state index contributed by atoms with van der Waals surface area (Å²) in [6, 6.07) is 13.8. The van der Waals surface area contributed by atoms with Gasteiger partial charge in [0.1, 0.15) is 11.4 Å². The normalized spacial score (nSPS) is 15.7. The molecule has 2 aromatic carbocycles. The number of amides is 1. The van der Waals surface area contributed by atoms with Crippen LogP contribution in [0.2, 0.25) is 0 Å². The topological polar surface area (TPSA) is 89.2 Å². The maximum Gasteiger partial charge on any atom is 0.292 e. The lowest BCUT2D eigenvalue weighted by Gasteiger charge is -2.36. The molecule has 1 atom stereocenters. The van der Waals surface area contributed by atoms with E-state index in [1.54, 1.807) is 25.3 Å². The van der Waals surface area contributed by atoms with E-state index < -0.39 is 4.92 Å². The zero-order chi connectivity index (χ0) is 20.1. The number of nitro benzene ring substituents is 1. The number of quaternary nitrogens is 1. The van der Waals surface area contributed by atoms with Crippen LogP contribution in [0, 0.1) is 10.1 Å². The minimum atomic E-state index is -0.487. The highest BCUT2D eigenvalue weighted by Crippen LogP contribution is 2.27. The van der Waals surface area contributed by atoms with E-state index in [9.17, 15) is 14.9 Å². The van der Waals surface area contributed by atoms with E-state index in [0.29, 0.717) is 0 Å². The van der Waals surface area contributed by atoms with Gasteiger partial charge in [-0.15, -0.1) is 0 Å². The maximum absolute atomic E-state index is 12.7. The van der Waals surface area contributed by atoms with Crippen LogP contribution >= 0.6 is 0 Å². The Morgan fingerprint density at radius 1 is 1.18 bits per heavy atom. The number of carbonyl (C=O) groups excluding carboxylic acids is 1. The van der Waals surface area contributed by atoms with Crippen LogP contribution in [0.5, 0.6) is 5.75 Å². The number of ether oxygens (including phenoxy) is 1. The van der Waals surface area contributed by atoms with Crippen molar-refractivity contribution in [1.29, 1.82) is 0 Å². The first-order chi connectivity index (χ1) is 13.5. The van der Waals surface area contributed by atoms with Gasteiger partial charge < -0.3 is 19.9 Å². The zero-order valence-electron chi connectivity index (χ0n) is 16.1. The molecular weight excluding hydrogens is 360 g/mol. The van der Waals surface area contributed by atoms with Crippen molar-refractivity contribution in [2.45, 2.75) is 13.0 Å². The van der Waals surface area contributed by atoms with Crippen molar-refractivity contribution in [1.82, 2.24) is 0 Å². The van der Waals surface area contributed by atoms with Gasteiger partial charge in [-0.1, -0.05) is 24.3 Å². The largest absolute Gasteiger partial charge is 0.495 e. The Hall–Kier alpha value is -3.13. The quantitative estimate of drug-likeness (QED) is 0.579. The van der Waals surface area contributed by atoms with Crippen LogP contribution in [0.25, 0.3) is 0 Å². The molecule has 8 heteroatoms. The fraction of sp³-hybridized carbons (Fsp3) is 0.350. The van der Waals surface area contributed by atoms with Crippen molar-refractivity contribution >= 4 is 23.0 Å². The van der Waals surface area contributed by atoms with Gasteiger partial charge in [0.05, 0.1) is 43.9 Å². The number of hydrogen-bond donors (Lipinski definition) is 2. The summed E-state index contributed by atoms with van der Waals surface area (Å²) < 4.78 is 5.44. The van der Waals surface area contributed by atoms with Gasteiger partial charge in [0.2, 0.25) is 0 Å².